The lowest BCUT2D eigenvalue weighted by atomic mass is 9.96. The molecule has 0 aromatic carbocycles. The van der Waals surface area contributed by atoms with Crippen molar-refractivity contribution in [3.05, 3.63) is 23.0 Å². The van der Waals surface area contributed by atoms with Crippen LogP contribution in [0, 0.1) is 37.0 Å². The summed E-state index contributed by atoms with van der Waals surface area (Å²) in [4.78, 5) is 15.4. The van der Waals surface area contributed by atoms with Crippen LogP contribution in [-0.2, 0) is 4.79 Å². The van der Waals surface area contributed by atoms with E-state index in [0.29, 0.717) is 17.8 Å². The molecular formula is C15H19N3O2. The summed E-state index contributed by atoms with van der Waals surface area (Å²) < 4.78 is 0. The lowest BCUT2D eigenvalue weighted by Gasteiger charge is -2.18. The SMILES string of the molecule is Cc1cc(NCC2CCCC2C(=O)O)c(C#N)c(C)n1. The first-order chi connectivity index (χ1) is 9.52. The Kier molecular flexibility index (Phi) is 4.23. The van der Waals surface area contributed by atoms with Crippen LogP contribution in [0.3, 0.4) is 0 Å². The molecule has 1 aliphatic rings. The number of carboxylic acid groups (broad SMARTS) is 1. The summed E-state index contributed by atoms with van der Waals surface area (Å²) in [6.45, 7) is 4.29. The van der Waals surface area contributed by atoms with Gasteiger partial charge in [-0.25, -0.2) is 0 Å². The largest absolute Gasteiger partial charge is 0.481 e. The average molecular weight is 273 g/mol. The van der Waals surface area contributed by atoms with Gasteiger partial charge in [-0.3, -0.25) is 9.78 Å². The summed E-state index contributed by atoms with van der Waals surface area (Å²) >= 11 is 0. The van der Waals surface area contributed by atoms with E-state index in [1.165, 1.54) is 0 Å². The summed E-state index contributed by atoms with van der Waals surface area (Å²) in [5.41, 5.74) is 2.86. The molecule has 0 bridgehead atoms. The van der Waals surface area contributed by atoms with Crippen LogP contribution in [0.5, 0.6) is 0 Å². The predicted molar refractivity (Wildman–Crippen MR) is 75.4 cm³/mol. The van der Waals surface area contributed by atoms with E-state index in [1.807, 2.05) is 19.9 Å². The number of aliphatic carboxylic acids is 1. The monoisotopic (exact) mass is 273 g/mol. The Morgan fingerprint density at radius 1 is 1.55 bits per heavy atom. The second kappa shape index (κ2) is 5.91. The number of nitrogens with zero attached hydrogens (tertiary/aromatic N) is 2. The summed E-state index contributed by atoms with van der Waals surface area (Å²) in [7, 11) is 0. The molecular weight excluding hydrogens is 254 g/mol. The molecule has 2 unspecified atom stereocenters. The van der Waals surface area contributed by atoms with Crippen molar-refractivity contribution in [2.24, 2.45) is 11.8 Å². The molecule has 0 saturated heterocycles. The van der Waals surface area contributed by atoms with Crippen LogP contribution in [-0.4, -0.2) is 22.6 Å². The molecule has 0 radical (unpaired) electrons. The van der Waals surface area contributed by atoms with Crippen LogP contribution in [0.1, 0.15) is 36.2 Å². The quantitative estimate of drug-likeness (QED) is 0.880. The van der Waals surface area contributed by atoms with Gasteiger partial charge in [-0.2, -0.15) is 5.26 Å². The van der Waals surface area contributed by atoms with Gasteiger partial charge in [-0.1, -0.05) is 6.42 Å². The number of nitrogens with one attached hydrogen (secondary N) is 1. The zero-order chi connectivity index (χ0) is 14.7. The van der Waals surface area contributed by atoms with Crippen molar-refractivity contribution in [1.82, 2.24) is 4.98 Å². The molecule has 0 spiro atoms. The molecule has 0 amide bonds. The Balaban J connectivity index is 2.12. The van der Waals surface area contributed by atoms with Crippen LogP contribution in [0.15, 0.2) is 6.07 Å². The molecule has 2 rings (SSSR count). The molecule has 1 aromatic rings. The smallest absolute Gasteiger partial charge is 0.306 e. The van der Waals surface area contributed by atoms with Gasteiger partial charge >= 0.3 is 5.97 Å². The van der Waals surface area contributed by atoms with E-state index < -0.39 is 5.97 Å². The van der Waals surface area contributed by atoms with E-state index in [0.717, 1.165) is 30.6 Å². The highest BCUT2D eigenvalue weighted by molar-refractivity contribution is 5.71. The summed E-state index contributed by atoms with van der Waals surface area (Å²) in [5, 5.41) is 21.6. The molecule has 1 saturated carbocycles. The Hall–Kier alpha value is -2.09. The number of carboxylic acids is 1. The van der Waals surface area contributed by atoms with E-state index in [1.54, 1.807) is 0 Å². The van der Waals surface area contributed by atoms with Gasteiger partial charge < -0.3 is 10.4 Å². The second-order valence-corrected chi connectivity index (χ2v) is 5.40. The standard InChI is InChI=1S/C15H19N3O2/c1-9-6-14(13(7-16)10(2)18-9)17-8-11-4-3-5-12(11)15(19)20/h6,11-12H,3-5,8H2,1-2H3,(H,17,18)(H,19,20). The number of carbonyl (C=O) groups is 1. The number of anilines is 1. The maximum absolute atomic E-state index is 11.2. The summed E-state index contributed by atoms with van der Waals surface area (Å²) in [6, 6.07) is 4.00. The van der Waals surface area contributed by atoms with Crippen LogP contribution in [0.2, 0.25) is 0 Å². The van der Waals surface area contributed by atoms with E-state index >= 15 is 0 Å². The van der Waals surface area contributed by atoms with Crippen molar-refractivity contribution in [3.8, 4) is 6.07 Å². The molecule has 1 fully saturated rings. The number of nitriles is 1. The number of aryl methyl sites for hydroxylation is 2. The van der Waals surface area contributed by atoms with Crippen molar-refractivity contribution < 1.29 is 9.90 Å². The zero-order valence-corrected chi connectivity index (χ0v) is 11.8. The fourth-order valence-corrected chi connectivity index (χ4v) is 2.96. The van der Waals surface area contributed by atoms with Crippen molar-refractivity contribution in [1.29, 1.82) is 5.26 Å². The number of hydrogen-bond acceptors (Lipinski definition) is 4. The van der Waals surface area contributed by atoms with Gasteiger partial charge in [0.25, 0.3) is 0 Å². The van der Waals surface area contributed by atoms with Gasteiger partial charge in [0.2, 0.25) is 0 Å². The van der Waals surface area contributed by atoms with Gasteiger partial charge in [0.05, 0.1) is 22.9 Å². The Morgan fingerprint density at radius 3 is 2.95 bits per heavy atom. The third-order valence-corrected chi connectivity index (χ3v) is 3.97. The van der Waals surface area contributed by atoms with Gasteiger partial charge in [-0.05, 0) is 38.7 Å². The second-order valence-electron chi connectivity index (χ2n) is 5.40. The number of rotatable bonds is 4. The van der Waals surface area contributed by atoms with Crippen LogP contribution < -0.4 is 5.32 Å². The van der Waals surface area contributed by atoms with Gasteiger partial charge in [0.1, 0.15) is 6.07 Å². The Labute approximate surface area is 118 Å². The van der Waals surface area contributed by atoms with E-state index in [4.69, 9.17) is 0 Å². The minimum atomic E-state index is -0.711. The highest BCUT2D eigenvalue weighted by atomic mass is 16.4. The van der Waals surface area contributed by atoms with E-state index in [-0.39, 0.29) is 11.8 Å². The van der Waals surface area contributed by atoms with Gasteiger partial charge in [-0.15, -0.1) is 0 Å². The molecule has 1 heterocycles. The minimum absolute atomic E-state index is 0.132. The van der Waals surface area contributed by atoms with Gasteiger partial charge in [0.15, 0.2) is 0 Å². The lowest BCUT2D eigenvalue weighted by Crippen LogP contribution is -2.24. The van der Waals surface area contributed by atoms with Gasteiger partial charge in [0, 0.05) is 12.2 Å². The minimum Gasteiger partial charge on any atom is -0.481 e. The molecule has 20 heavy (non-hydrogen) atoms. The predicted octanol–water partition coefficient (Wildman–Crippen LogP) is 2.48. The van der Waals surface area contributed by atoms with E-state index in [9.17, 15) is 15.2 Å². The lowest BCUT2D eigenvalue weighted by molar-refractivity contribution is -0.142. The highest BCUT2D eigenvalue weighted by Gasteiger charge is 2.32. The summed E-state index contributed by atoms with van der Waals surface area (Å²) in [6.07, 6.45) is 2.64. The fraction of sp³-hybridized carbons (Fsp3) is 0.533. The molecule has 0 aliphatic heterocycles. The fourth-order valence-electron chi connectivity index (χ4n) is 2.96. The van der Waals surface area contributed by atoms with Crippen LogP contribution >= 0.6 is 0 Å². The molecule has 1 aliphatic carbocycles. The van der Waals surface area contributed by atoms with Crippen molar-refractivity contribution in [2.45, 2.75) is 33.1 Å². The topological polar surface area (TPSA) is 86.0 Å². The van der Waals surface area contributed by atoms with Crippen molar-refractivity contribution >= 4 is 11.7 Å². The molecule has 106 valence electrons. The molecule has 5 heteroatoms. The number of aromatic nitrogens is 1. The molecule has 2 atom stereocenters. The Morgan fingerprint density at radius 2 is 2.30 bits per heavy atom. The summed E-state index contributed by atoms with van der Waals surface area (Å²) in [5.74, 6) is -0.846. The zero-order valence-electron chi connectivity index (χ0n) is 11.8. The third kappa shape index (κ3) is 2.90. The first-order valence-electron chi connectivity index (χ1n) is 6.88. The number of pyridine rings is 1. The highest BCUT2D eigenvalue weighted by Crippen LogP contribution is 2.32. The third-order valence-electron chi connectivity index (χ3n) is 3.97. The Bertz CT molecular complexity index is 563. The number of hydrogen-bond donors (Lipinski definition) is 2. The first-order valence-corrected chi connectivity index (χ1v) is 6.88. The normalized spacial score (nSPS) is 21.4. The molecule has 5 nitrogen and oxygen atoms in total. The van der Waals surface area contributed by atoms with Crippen LogP contribution in [0.4, 0.5) is 5.69 Å². The van der Waals surface area contributed by atoms with Crippen molar-refractivity contribution in [3.63, 3.8) is 0 Å². The average Bonchev–Trinajstić information content (AvgIpc) is 2.84. The van der Waals surface area contributed by atoms with Crippen molar-refractivity contribution in [2.75, 3.05) is 11.9 Å². The molecule has 2 N–H and O–H groups in total. The molecule has 1 aromatic heterocycles. The van der Waals surface area contributed by atoms with Crippen LogP contribution in [0.25, 0.3) is 0 Å². The first kappa shape index (κ1) is 14.3. The maximum atomic E-state index is 11.2. The van der Waals surface area contributed by atoms with E-state index in [2.05, 4.69) is 16.4 Å². The maximum Gasteiger partial charge on any atom is 0.306 e.